The molecule has 19 heavy (non-hydrogen) atoms. The third-order valence-corrected chi connectivity index (χ3v) is 3.44. The number of hydrogen-bond donors (Lipinski definition) is 1. The summed E-state index contributed by atoms with van der Waals surface area (Å²) in [6, 6.07) is 0.599. The van der Waals surface area contributed by atoms with E-state index in [4.69, 9.17) is 0 Å². The van der Waals surface area contributed by atoms with E-state index in [1.54, 1.807) is 0 Å². The lowest BCUT2D eigenvalue weighted by Crippen LogP contribution is -2.33. The van der Waals surface area contributed by atoms with E-state index in [-0.39, 0.29) is 0 Å². The SMILES string of the molecule is CCCCN(Cc1cnc(NCC)cn1)C(C)CC. The second-order valence-corrected chi connectivity index (χ2v) is 5.00. The Kier molecular flexibility index (Phi) is 7.41. The fourth-order valence-corrected chi connectivity index (χ4v) is 1.99. The van der Waals surface area contributed by atoms with Crippen LogP contribution in [0.4, 0.5) is 5.82 Å². The summed E-state index contributed by atoms with van der Waals surface area (Å²) in [4.78, 5) is 11.4. The maximum atomic E-state index is 4.50. The van der Waals surface area contributed by atoms with Crippen molar-refractivity contribution in [3.8, 4) is 0 Å². The van der Waals surface area contributed by atoms with Gasteiger partial charge >= 0.3 is 0 Å². The third kappa shape index (κ3) is 5.55. The molecular formula is C15H28N4. The molecule has 1 atom stereocenters. The summed E-state index contributed by atoms with van der Waals surface area (Å²) in [5, 5.41) is 3.17. The highest BCUT2D eigenvalue weighted by atomic mass is 15.2. The van der Waals surface area contributed by atoms with E-state index in [1.807, 2.05) is 12.4 Å². The maximum Gasteiger partial charge on any atom is 0.144 e. The van der Waals surface area contributed by atoms with E-state index in [0.29, 0.717) is 6.04 Å². The molecule has 4 nitrogen and oxygen atoms in total. The lowest BCUT2D eigenvalue weighted by atomic mass is 10.2. The van der Waals surface area contributed by atoms with Crippen LogP contribution in [0.5, 0.6) is 0 Å². The van der Waals surface area contributed by atoms with Crippen LogP contribution in [0.3, 0.4) is 0 Å². The van der Waals surface area contributed by atoms with Gasteiger partial charge in [-0.25, -0.2) is 4.98 Å². The first-order valence-electron chi connectivity index (χ1n) is 7.50. The van der Waals surface area contributed by atoms with Gasteiger partial charge in [0.25, 0.3) is 0 Å². The van der Waals surface area contributed by atoms with Crippen molar-refractivity contribution in [3.63, 3.8) is 0 Å². The Morgan fingerprint density at radius 2 is 2.00 bits per heavy atom. The first kappa shape index (κ1) is 15.9. The van der Waals surface area contributed by atoms with Crippen molar-refractivity contribution >= 4 is 5.82 Å². The average molecular weight is 264 g/mol. The van der Waals surface area contributed by atoms with Gasteiger partial charge in [0.1, 0.15) is 5.82 Å². The minimum absolute atomic E-state index is 0.599. The Morgan fingerprint density at radius 1 is 1.21 bits per heavy atom. The van der Waals surface area contributed by atoms with E-state index in [2.05, 4.69) is 47.9 Å². The molecule has 1 rings (SSSR count). The summed E-state index contributed by atoms with van der Waals surface area (Å²) < 4.78 is 0. The Hall–Kier alpha value is -1.16. The van der Waals surface area contributed by atoms with Gasteiger partial charge in [-0.05, 0) is 33.2 Å². The monoisotopic (exact) mass is 264 g/mol. The van der Waals surface area contributed by atoms with Gasteiger partial charge in [0.15, 0.2) is 0 Å². The van der Waals surface area contributed by atoms with Crippen LogP contribution in [0, 0.1) is 0 Å². The highest BCUT2D eigenvalue weighted by Crippen LogP contribution is 2.11. The van der Waals surface area contributed by atoms with Crippen LogP contribution in [0.2, 0.25) is 0 Å². The molecule has 1 aromatic rings. The van der Waals surface area contributed by atoms with Crippen molar-refractivity contribution in [1.82, 2.24) is 14.9 Å². The number of aromatic nitrogens is 2. The van der Waals surface area contributed by atoms with Gasteiger partial charge in [-0.1, -0.05) is 20.3 Å². The molecule has 0 bridgehead atoms. The van der Waals surface area contributed by atoms with Crippen LogP contribution in [-0.4, -0.2) is 34.0 Å². The fraction of sp³-hybridized carbons (Fsp3) is 0.733. The second-order valence-electron chi connectivity index (χ2n) is 5.00. The number of unbranched alkanes of at least 4 members (excludes halogenated alkanes) is 1. The van der Waals surface area contributed by atoms with Crippen LogP contribution in [-0.2, 0) is 6.54 Å². The van der Waals surface area contributed by atoms with E-state index in [0.717, 1.165) is 31.1 Å². The molecule has 1 unspecified atom stereocenters. The highest BCUT2D eigenvalue weighted by molar-refractivity contribution is 5.30. The minimum Gasteiger partial charge on any atom is -0.369 e. The predicted octanol–water partition coefficient (Wildman–Crippen LogP) is 3.31. The zero-order valence-corrected chi connectivity index (χ0v) is 12.8. The molecule has 108 valence electrons. The molecule has 4 heteroatoms. The lowest BCUT2D eigenvalue weighted by Gasteiger charge is -2.27. The van der Waals surface area contributed by atoms with E-state index < -0.39 is 0 Å². The zero-order valence-electron chi connectivity index (χ0n) is 12.8. The fourth-order valence-electron chi connectivity index (χ4n) is 1.99. The first-order chi connectivity index (χ1) is 9.21. The van der Waals surface area contributed by atoms with Crippen molar-refractivity contribution in [2.75, 3.05) is 18.4 Å². The van der Waals surface area contributed by atoms with E-state index >= 15 is 0 Å². The quantitative estimate of drug-likeness (QED) is 0.743. The molecule has 1 N–H and O–H groups in total. The van der Waals surface area contributed by atoms with E-state index in [1.165, 1.54) is 19.3 Å². The van der Waals surface area contributed by atoms with Crippen LogP contribution in [0.25, 0.3) is 0 Å². The molecule has 0 aliphatic heterocycles. The summed E-state index contributed by atoms with van der Waals surface area (Å²) in [5.74, 6) is 0.856. The van der Waals surface area contributed by atoms with Gasteiger partial charge < -0.3 is 5.32 Å². The molecule has 0 saturated carbocycles. The van der Waals surface area contributed by atoms with Crippen LogP contribution >= 0.6 is 0 Å². The van der Waals surface area contributed by atoms with Crippen molar-refractivity contribution in [1.29, 1.82) is 0 Å². The molecule has 0 amide bonds. The number of anilines is 1. The van der Waals surface area contributed by atoms with Gasteiger partial charge in [-0.15, -0.1) is 0 Å². The lowest BCUT2D eigenvalue weighted by molar-refractivity contribution is 0.190. The van der Waals surface area contributed by atoms with Crippen molar-refractivity contribution < 1.29 is 0 Å². The largest absolute Gasteiger partial charge is 0.369 e. The Balaban J connectivity index is 2.61. The minimum atomic E-state index is 0.599. The second kappa shape index (κ2) is 8.86. The van der Waals surface area contributed by atoms with E-state index in [9.17, 15) is 0 Å². The van der Waals surface area contributed by atoms with Crippen LogP contribution in [0.1, 0.15) is 52.7 Å². The summed E-state index contributed by atoms with van der Waals surface area (Å²) >= 11 is 0. The van der Waals surface area contributed by atoms with Crippen LogP contribution < -0.4 is 5.32 Å². The molecule has 0 aromatic carbocycles. The topological polar surface area (TPSA) is 41.1 Å². The molecular weight excluding hydrogens is 236 g/mol. The third-order valence-electron chi connectivity index (χ3n) is 3.44. The van der Waals surface area contributed by atoms with Gasteiger partial charge in [0, 0.05) is 19.1 Å². The summed E-state index contributed by atoms with van der Waals surface area (Å²) in [6.45, 7) is 11.7. The Morgan fingerprint density at radius 3 is 2.53 bits per heavy atom. The Bertz CT molecular complexity index is 337. The first-order valence-corrected chi connectivity index (χ1v) is 7.50. The maximum absolute atomic E-state index is 4.50. The molecule has 0 aliphatic rings. The number of rotatable bonds is 9. The molecule has 0 aliphatic carbocycles. The summed E-state index contributed by atoms with van der Waals surface area (Å²) in [5.41, 5.74) is 1.05. The smallest absolute Gasteiger partial charge is 0.144 e. The molecule has 0 fully saturated rings. The van der Waals surface area contributed by atoms with Gasteiger partial charge in [0.2, 0.25) is 0 Å². The molecule has 0 radical (unpaired) electrons. The average Bonchev–Trinajstić information content (AvgIpc) is 2.44. The Labute approximate surface area is 117 Å². The highest BCUT2D eigenvalue weighted by Gasteiger charge is 2.12. The van der Waals surface area contributed by atoms with Crippen molar-refractivity contribution in [2.24, 2.45) is 0 Å². The molecule has 1 heterocycles. The predicted molar refractivity (Wildman–Crippen MR) is 81.3 cm³/mol. The normalized spacial score (nSPS) is 12.7. The molecule has 0 saturated heterocycles. The molecule has 0 spiro atoms. The summed E-state index contributed by atoms with van der Waals surface area (Å²) in [7, 11) is 0. The van der Waals surface area contributed by atoms with Crippen LogP contribution in [0.15, 0.2) is 12.4 Å². The van der Waals surface area contributed by atoms with Gasteiger partial charge in [0.05, 0.1) is 18.1 Å². The summed E-state index contributed by atoms with van der Waals surface area (Å²) in [6.07, 6.45) is 7.37. The standard InChI is InChI=1S/C15H28N4/c1-5-8-9-19(13(4)6-2)12-14-10-18-15(11-17-14)16-7-3/h10-11,13H,5-9,12H2,1-4H3,(H,16,18). The number of nitrogens with zero attached hydrogens (tertiary/aromatic N) is 3. The number of nitrogens with one attached hydrogen (secondary N) is 1. The van der Waals surface area contributed by atoms with Crippen molar-refractivity contribution in [3.05, 3.63) is 18.1 Å². The zero-order chi connectivity index (χ0) is 14.1. The number of hydrogen-bond acceptors (Lipinski definition) is 4. The molecule has 1 aromatic heterocycles. The van der Waals surface area contributed by atoms with Gasteiger partial charge in [-0.3, -0.25) is 9.88 Å². The van der Waals surface area contributed by atoms with Gasteiger partial charge in [-0.2, -0.15) is 0 Å². The van der Waals surface area contributed by atoms with Crippen molar-refractivity contribution in [2.45, 2.75) is 59.5 Å².